The first kappa shape index (κ1) is 10.9. The van der Waals surface area contributed by atoms with Crippen LogP contribution in [0.2, 0.25) is 0 Å². The zero-order valence-electron chi connectivity index (χ0n) is 7.50. The molecule has 13 heavy (non-hydrogen) atoms. The number of nitrogens with zero attached hydrogens (tertiary/aromatic N) is 1. The topological polar surface area (TPSA) is 84.2 Å². The summed E-state index contributed by atoms with van der Waals surface area (Å²) in [4.78, 5) is 1.80. The smallest absolute Gasteiger partial charge is 0.0967 e. The largest absolute Gasteiger partial charge is 0.396 e. The van der Waals surface area contributed by atoms with Crippen molar-refractivity contribution in [3.05, 3.63) is 0 Å². The molecular formula is C8H17NO4. The summed E-state index contributed by atoms with van der Waals surface area (Å²) in [5.74, 6) is 0. The number of hydrogen-bond acceptors (Lipinski definition) is 5. The molecule has 5 nitrogen and oxygen atoms in total. The Morgan fingerprint density at radius 1 is 1.15 bits per heavy atom. The molecule has 0 radical (unpaired) electrons. The van der Waals surface area contributed by atoms with Crippen molar-refractivity contribution in [2.75, 3.05) is 26.3 Å². The van der Waals surface area contributed by atoms with E-state index in [1.165, 1.54) is 0 Å². The van der Waals surface area contributed by atoms with Crippen LogP contribution in [0.5, 0.6) is 0 Å². The lowest BCUT2D eigenvalue weighted by atomic mass is 10.1. The molecule has 1 saturated heterocycles. The first-order valence-corrected chi connectivity index (χ1v) is 4.52. The molecule has 1 heterocycles. The van der Waals surface area contributed by atoms with E-state index in [1.807, 2.05) is 0 Å². The van der Waals surface area contributed by atoms with Gasteiger partial charge >= 0.3 is 0 Å². The van der Waals surface area contributed by atoms with Crippen LogP contribution >= 0.6 is 0 Å². The van der Waals surface area contributed by atoms with Crippen LogP contribution in [0, 0.1) is 0 Å². The monoisotopic (exact) mass is 191 g/mol. The fourth-order valence-electron chi connectivity index (χ4n) is 1.83. The van der Waals surface area contributed by atoms with E-state index in [-0.39, 0.29) is 19.3 Å². The van der Waals surface area contributed by atoms with E-state index in [0.29, 0.717) is 19.5 Å². The maximum Gasteiger partial charge on any atom is 0.0967 e. The van der Waals surface area contributed by atoms with E-state index < -0.39 is 12.2 Å². The molecule has 4 N–H and O–H groups in total. The fraction of sp³-hybridized carbons (Fsp3) is 1.00. The van der Waals surface area contributed by atoms with Crippen LogP contribution in [0.4, 0.5) is 0 Å². The Morgan fingerprint density at radius 3 is 2.38 bits per heavy atom. The molecule has 1 unspecified atom stereocenters. The quantitative estimate of drug-likeness (QED) is 0.404. The van der Waals surface area contributed by atoms with Crippen molar-refractivity contribution >= 4 is 0 Å². The number of rotatable bonds is 4. The summed E-state index contributed by atoms with van der Waals surface area (Å²) >= 11 is 0. The minimum absolute atomic E-state index is 0.00136. The van der Waals surface area contributed by atoms with Gasteiger partial charge < -0.3 is 20.4 Å². The van der Waals surface area contributed by atoms with Crippen LogP contribution < -0.4 is 0 Å². The van der Waals surface area contributed by atoms with Crippen molar-refractivity contribution in [3.63, 3.8) is 0 Å². The van der Waals surface area contributed by atoms with E-state index in [4.69, 9.17) is 10.2 Å². The Balaban J connectivity index is 2.52. The molecule has 0 aliphatic carbocycles. The van der Waals surface area contributed by atoms with Gasteiger partial charge in [-0.05, 0) is 6.42 Å². The van der Waals surface area contributed by atoms with Gasteiger partial charge in [-0.2, -0.15) is 0 Å². The summed E-state index contributed by atoms with van der Waals surface area (Å²) in [5, 5.41) is 36.3. The second-order valence-corrected chi connectivity index (χ2v) is 3.36. The average molecular weight is 191 g/mol. The third-order valence-corrected chi connectivity index (χ3v) is 2.49. The van der Waals surface area contributed by atoms with Crippen molar-refractivity contribution in [1.29, 1.82) is 0 Å². The predicted octanol–water partition coefficient (Wildman–Crippen LogP) is -2.23. The lowest BCUT2D eigenvalue weighted by molar-refractivity contribution is 0.0306. The molecule has 0 saturated carbocycles. The fourth-order valence-corrected chi connectivity index (χ4v) is 1.83. The molecule has 0 aromatic heterocycles. The van der Waals surface area contributed by atoms with Crippen molar-refractivity contribution in [2.45, 2.75) is 24.7 Å². The number of aliphatic hydroxyl groups is 4. The average Bonchev–Trinajstić information content (AvgIpc) is 2.34. The normalized spacial score (nSPS) is 35.5. The van der Waals surface area contributed by atoms with Gasteiger partial charge in [0.25, 0.3) is 0 Å². The summed E-state index contributed by atoms with van der Waals surface area (Å²) in [6, 6.07) is -0.229. The highest BCUT2D eigenvalue weighted by Crippen LogP contribution is 2.20. The number of aliphatic hydroxyl groups excluding tert-OH is 4. The first-order chi connectivity index (χ1) is 6.20. The Labute approximate surface area is 77.2 Å². The molecule has 1 aliphatic rings. The minimum atomic E-state index is -0.807. The Morgan fingerprint density at radius 2 is 1.85 bits per heavy atom. The molecule has 3 atom stereocenters. The predicted molar refractivity (Wildman–Crippen MR) is 46.2 cm³/mol. The number of β-amino-alcohol motifs (C(OH)–C–C–N with tert-alkyl or cyclic N) is 2. The van der Waals surface area contributed by atoms with Crippen LogP contribution in [0.25, 0.3) is 0 Å². The molecule has 1 fully saturated rings. The highest BCUT2D eigenvalue weighted by atomic mass is 16.3. The molecule has 0 aromatic carbocycles. The summed E-state index contributed by atoms with van der Waals surface area (Å²) < 4.78 is 0. The van der Waals surface area contributed by atoms with Crippen LogP contribution in [0.15, 0.2) is 0 Å². The third kappa shape index (κ3) is 2.38. The highest BCUT2D eigenvalue weighted by molar-refractivity contribution is 4.92. The van der Waals surface area contributed by atoms with Gasteiger partial charge in [-0.3, -0.25) is 4.90 Å². The zero-order valence-corrected chi connectivity index (χ0v) is 7.50. The van der Waals surface area contributed by atoms with E-state index in [2.05, 4.69) is 0 Å². The van der Waals surface area contributed by atoms with Crippen LogP contribution in [-0.4, -0.2) is 69.9 Å². The van der Waals surface area contributed by atoms with Gasteiger partial charge in [0.05, 0.1) is 18.8 Å². The van der Waals surface area contributed by atoms with Gasteiger partial charge in [0.2, 0.25) is 0 Å². The second-order valence-electron chi connectivity index (χ2n) is 3.36. The van der Waals surface area contributed by atoms with Gasteiger partial charge in [0.15, 0.2) is 0 Å². The second kappa shape index (κ2) is 4.88. The van der Waals surface area contributed by atoms with E-state index in [1.54, 1.807) is 4.90 Å². The van der Waals surface area contributed by atoms with Crippen LogP contribution in [-0.2, 0) is 0 Å². The zero-order chi connectivity index (χ0) is 9.84. The van der Waals surface area contributed by atoms with E-state index in [0.717, 1.165) is 0 Å². The summed E-state index contributed by atoms with van der Waals surface area (Å²) in [6.45, 7) is 0.781. The van der Waals surface area contributed by atoms with Crippen molar-refractivity contribution in [1.82, 2.24) is 4.90 Å². The molecule has 0 aromatic rings. The molecule has 5 heteroatoms. The van der Waals surface area contributed by atoms with Crippen LogP contribution in [0.3, 0.4) is 0 Å². The lowest BCUT2D eigenvalue weighted by Crippen LogP contribution is -2.38. The van der Waals surface area contributed by atoms with Gasteiger partial charge in [0.1, 0.15) is 0 Å². The Hall–Kier alpha value is -0.200. The van der Waals surface area contributed by atoms with Gasteiger partial charge in [-0.15, -0.1) is 0 Å². The van der Waals surface area contributed by atoms with Crippen LogP contribution in [0.1, 0.15) is 6.42 Å². The highest BCUT2D eigenvalue weighted by Gasteiger charge is 2.38. The van der Waals surface area contributed by atoms with E-state index >= 15 is 0 Å². The van der Waals surface area contributed by atoms with Crippen molar-refractivity contribution in [3.8, 4) is 0 Å². The lowest BCUT2D eigenvalue weighted by Gasteiger charge is -2.23. The summed E-state index contributed by atoms with van der Waals surface area (Å²) in [7, 11) is 0. The molecule has 0 amide bonds. The Bertz CT molecular complexity index is 155. The Kier molecular flexibility index (Phi) is 4.08. The standard InChI is InChI=1S/C8H17NO4/c10-3-1-6-8(13)7(12)5-9(6)2-4-11/h6-8,10-13H,1-5H2/t6?,7-,8-/m1/s1. The molecule has 1 aliphatic heterocycles. The molecule has 78 valence electrons. The molecule has 0 spiro atoms. The molecule has 0 bridgehead atoms. The third-order valence-electron chi connectivity index (χ3n) is 2.49. The van der Waals surface area contributed by atoms with E-state index in [9.17, 15) is 10.2 Å². The summed E-state index contributed by atoms with van der Waals surface area (Å²) in [5.41, 5.74) is 0. The van der Waals surface area contributed by atoms with Crippen molar-refractivity contribution < 1.29 is 20.4 Å². The molecule has 1 rings (SSSR count). The van der Waals surface area contributed by atoms with Gasteiger partial charge in [0, 0.05) is 25.7 Å². The summed E-state index contributed by atoms with van der Waals surface area (Å²) in [6.07, 6.45) is -1.14. The SMILES string of the molecule is OCCC1[C@@H](O)[C@H](O)CN1CCO. The van der Waals surface area contributed by atoms with Gasteiger partial charge in [-0.1, -0.05) is 0 Å². The first-order valence-electron chi connectivity index (χ1n) is 4.52. The number of likely N-dealkylation sites (tertiary alicyclic amines) is 1. The van der Waals surface area contributed by atoms with Crippen molar-refractivity contribution in [2.24, 2.45) is 0 Å². The van der Waals surface area contributed by atoms with Gasteiger partial charge in [-0.25, -0.2) is 0 Å². The maximum absolute atomic E-state index is 9.50. The maximum atomic E-state index is 9.50. The number of hydrogen-bond donors (Lipinski definition) is 4. The minimum Gasteiger partial charge on any atom is -0.396 e. The molecular weight excluding hydrogens is 174 g/mol.